The molecule has 1 aromatic heterocycles. The molecule has 0 saturated carbocycles. The number of likely N-dealkylation sites (N-methyl/N-ethyl adjacent to an activating group) is 1. The van der Waals surface area contributed by atoms with Crippen LogP contribution in [-0.2, 0) is 0 Å². The van der Waals surface area contributed by atoms with Gasteiger partial charge in [-0.05, 0) is 45.9 Å². The molecule has 1 atom stereocenters. The largest absolute Gasteiger partial charge is 0.311 e. The molecular formula is C13H21NS. The summed E-state index contributed by atoms with van der Waals surface area (Å²) in [7, 11) is 0. The van der Waals surface area contributed by atoms with Gasteiger partial charge in [-0.2, -0.15) is 0 Å². The van der Waals surface area contributed by atoms with Gasteiger partial charge in [-0.1, -0.05) is 18.6 Å². The van der Waals surface area contributed by atoms with E-state index >= 15 is 0 Å². The molecule has 0 aromatic carbocycles. The first kappa shape index (κ1) is 12.5. The van der Waals surface area contributed by atoms with Crippen LogP contribution >= 0.6 is 11.3 Å². The van der Waals surface area contributed by atoms with Crippen LogP contribution in [0.4, 0.5) is 0 Å². The molecule has 0 radical (unpaired) electrons. The van der Waals surface area contributed by atoms with Crippen molar-refractivity contribution in [1.82, 2.24) is 5.32 Å². The lowest BCUT2D eigenvalue weighted by Gasteiger charge is -2.12. The van der Waals surface area contributed by atoms with Crippen LogP contribution in [0.5, 0.6) is 0 Å². The van der Waals surface area contributed by atoms with Crippen molar-refractivity contribution in [3.05, 3.63) is 27.0 Å². The van der Waals surface area contributed by atoms with Crippen molar-refractivity contribution in [2.24, 2.45) is 0 Å². The molecular weight excluding hydrogens is 202 g/mol. The van der Waals surface area contributed by atoms with Crippen LogP contribution in [0.2, 0.25) is 0 Å². The third-order valence-corrected chi connectivity index (χ3v) is 3.64. The maximum Gasteiger partial charge on any atom is 0.0251 e. The molecule has 1 unspecified atom stereocenters. The van der Waals surface area contributed by atoms with Gasteiger partial charge in [-0.25, -0.2) is 0 Å². The lowest BCUT2D eigenvalue weighted by molar-refractivity contribution is 0.636. The summed E-state index contributed by atoms with van der Waals surface area (Å²) in [4.78, 5) is 2.80. The molecule has 0 saturated heterocycles. The number of hydrogen-bond donors (Lipinski definition) is 1. The van der Waals surface area contributed by atoms with Gasteiger partial charge in [0.2, 0.25) is 0 Å². The topological polar surface area (TPSA) is 12.0 Å². The van der Waals surface area contributed by atoms with Gasteiger partial charge in [-0.15, -0.1) is 11.3 Å². The molecule has 1 N–H and O–H groups in total. The molecule has 0 fully saturated rings. The summed E-state index contributed by atoms with van der Waals surface area (Å²) in [6.45, 7) is 11.9. The van der Waals surface area contributed by atoms with Gasteiger partial charge in [0.05, 0.1) is 0 Å². The van der Waals surface area contributed by atoms with Crippen molar-refractivity contribution in [3.63, 3.8) is 0 Å². The van der Waals surface area contributed by atoms with E-state index in [1.165, 1.54) is 20.9 Å². The molecule has 0 aliphatic rings. The molecule has 0 bridgehead atoms. The van der Waals surface area contributed by atoms with Crippen LogP contribution in [0, 0.1) is 13.8 Å². The Labute approximate surface area is 97.2 Å². The fraction of sp³-hybridized carbons (Fsp3) is 0.538. The summed E-state index contributed by atoms with van der Waals surface area (Å²) in [5.74, 6) is 0. The second-order valence-corrected chi connectivity index (χ2v) is 5.50. The van der Waals surface area contributed by atoms with Crippen molar-refractivity contribution in [2.45, 2.75) is 40.7 Å². The van der Waals surface area contributed by atoms with E-state index in [-0.39, 0.29) is 0 Å². The summed E-state index contributed by atoms with van der Waals surface area (Å²) in [5.41, 5.74) is 2.78. The summed E-state index contributed by atoms with van der Waals surface area (Å²) in [6, 6.07) is 2.73. The van der Waals surface area contributed by atoms with E-state index in [0.29, 0.717) is 6.04 Å². The van der Waals surface area contributed by atoms with Crippen molar-refractivity contribution in [2.75, 3.05) is 6.54 Å². The molecule has 0 amide bonds. The zero-order valence-electron chi connectivity index (χ0n) is 10.3. The molecule has 1 rings (SSSR count). The zero-order chi connectivity index (χ0) is 11.4. The van der Waals surface area contributed by atoms with E-state index in [4.69, 9.17) is 0 Å². The highest BCUT2D eigenvalue weighted by atomic mass is 32.1. The highest BCUT2D eigenvalue weighted by Crippen LogP contribution is 2.23. The van der Waals surface area contributed by atoms with E-state index in [0.717, 1.165) is 6.54 Å². The molecule has 0 spiro atoms. The average Bonchev–Trinajstić information content (AvgIpc) is 2.45. The zero-order valence-corrected chi connectivity index (χ0v) is 11.2. The molecule has 1 aromatic rings. The molecule has 1 heterocycles. The van der Waals surface area contributed by atoms with Gasteiger partial charge in [0.1, 0.15) is 0 Å². The highest BCUT2D eigenvalue weighted by Gasteiger charge is 2.04. The van der Waals surface area contributed by atoms with Crippen LogP contribution in [0.1, 0.15) is 36.1 Å². The molecule has 84 valence electrons. The first-order valence-electron chi connectivity index (χ1n) is 5.53. The van der Waals surface area contributed by atoms with E-state index in [1.54, 1.807) is 0 Å². The second kappa shape index (κ2) is 5.47. The first-order valence-corrected chi connectivity index (χ1v) is 6.34. The number of nitrogens with one attached hydrogen (secondary N) is 1. The normalized spacial score (nSPS) is 14.3. The quantitative estimate of drug-likeness (QED) is 0.819. The Bertz CT molecular complexity index is 349. The lowest BCUT2D eigenvalue weighted by Crippen LogP contribution is -2.26. The minimum atomic E-state index is 0.467. The standard InChI is InChI=1S/C13H21NS/c1-6-14-11(4)9(2)7-13-8-10(3)15-12(13)5/h7-8,11,14H,6H2,1-5H3/b9-7+. The number of hydrogen-bond acceptors (Lipinski definition) is 2. The van der Waals surface area contributed by atoms with Crippen molar-refractivity contribution >= 4 is 17.4 Å². The predicted molar refractivity (Wildman–Crippen MR) is 70.6 cm³/mol. The maximum absolute atomic E-state index is 3.43. The second-order valence-electron chi connectivity index (χ2n) is 4.04. The van der Waals surface area contributed by atoms with E-state index in [2.05, 4.69) is 52.1 Å². The van der Waals surface area contributed by atoms with Crippen molar-refractivity contribution in [3.8, 4) is 0 Å². The molecule has 0 aliphatic carbocycles. The fourth-order valence-corrected chi connectivity index (χ4v) is 2.54. The molecule has 15 heavy (non-hydrogen) atoms. The fourth-order valence-electron chi connectivity index (χ4n) is 1.63. The minimum Gasteiger partial charge on any atom is -0.311 e. The Morgan fingerprint density at radius 1 is 1.53 bits per heavy atom. The van der Waals surface area contributed by atoms with Crippen molar-refractivity contribution < 1.29 is 0 Å². The highest BCUT2D eigenvalue weighted by molar-refractivity contribution is 7.12. The predicted octanol–water partition coefficient (Wildman–Crippen LogP) is 3.77. The Hall–Kier alpha value is -0.600. The Morgan fingerprint density at radius 3 is 2.67 bits per heavy atom. The Kier molecular flexibility index (Phi) is 4.55. The Balaban J connectivity index is 2.82. The van der Waals surface area contributed by atoms with Gasteiger partial charge in [0.15, 0.2) is 0 Å². The van der Waals surface area contributed by atoms with Gasteiger partial charge in [0, 0.05) is 15.8 Å². The third kappa shape index (κ3) is 3.47. The van der Waals surface area contributed by atoms with E-state index < -0.39 is 0 Å². The molecule has 0 aliphatic heterocycles. The van der Waals surface area contributed by atoms with Crippen molar-refractivity contribution in [1.29, 1.82) is 0 Å². The molecule has 2 heteroatoms. The smallest absolute Gasteiger partial charge is 0.0251 e. The monoisotopic (exact) mass is 223 g/mol. The van der Waals surface area contributed by atoms with Crippen LogP contribution < -0.4 is 5.32 Å². The van der Waals surface area contributed by atoms with Crippen LogP contribution in [0.3, 0.4) is 0 Å². The summed E-state index contributed by atoms with van der Waals surface area (Å²) < 4.78 is 0. The number of rotatable bonds is 4. The van der Waals surface area contributed by atoms with Gasteiger partial charge in [-0.3, -0.25) is 0 Å². The SMILES string of the molecule is CCNC(C)/C(C)=C/c1cc(C)sc1C. The first-order chi connectivity index (χ1) is 7.04. The van der Waals surface area contributed by atoms with Crippen LogP contribution in [0.15, 0.2) is 11.6 Å². The number of aryl methyl sites for hydroxylation is 2. The molecule has 1 nitrogen and oxygen atoms in total. The van der Waals surface area contributed by atoms with Gasteiger partial charge >= 0.3 is 0 Å². The van der Waals surface area contributed by atoms with Gasteiger partial charge in [0.25, 0.3) is 0 Å². The summed E-state index contributed by atoms with van der Waals surface area (Å²) >= 11 is 1.87. The van der Waals surface area contributed by atoms with E-state index in [9.17, 15) is 0 Å². The third-order valence-electron chi connectivity index (χ3n) is 2.66. The lowest BCUT2D eigenvalue weighted by atomic mass is 10.1. The maximum atomic E-state index is 3.43. The minimum absolute atomic E-state index is 0.467. The number of thiophene rings is 1. The van der Waals surface area contributed by atoms with Crippen LogP contribution in [-0.4, -0.2) is 12.6 Å². The van der Waals surface area contributed by atoms with E-state index in [1.807, 2.05) is 11.3 Å². The van der Waals surface area contributed by atoms with Gasteiger partial charge < -0.3 is 5.32 Å². The summed E-state index contributed by atoms with van der Waals surface area (Å²) in [5, 5.41) is 3.43. The average molecular weight is 223 g/mol. The van der Waals surface area contributed by atoms with Crippen LogP contribution in [0.25, 0.3) is 6.08 Å². The summed E-state index contributed by atoms with van der Waals surface area (Å²) in [6.07, 6.45) is 2.30. The Morgan fingerprint density at radius 2 is 2.20 bits per heavy atom.